The molecule has 0 aliphatic rings. The average Bonchev–Trinajstić information content (AvgIpc) is 3.02. The van der Waals surface area contributed by atoms with Crippen LogP contribution in [0.1, 0.15) is 24.9 Å². The van der Waals surface area contributed by atoms with E-state index >= 15 is 0 Å². The lowest BCUT2D eigenvalue weighted by atomic mass is 10.2. The summed E-state index contributed by atoms with van der Waals surface area (Å²) in [4.78, 5) is 22.5. The predicted octanol–water partition coefficient (Wildman–Crippen LogP) is 1.32. The summed E-state index contributed by atoms with van der Waals surface area (Å²) in [5, 5.41) is 7.02. The average molecular weight is 288 g/mol. The number of carbonyl (C=O) groups is 1. The molecule has 0 aliphatic carbocycles. The zero-order valence-corrected chi connectivity index (χ0v) is 12.5. The van der Waals surface area contributed by atoms with Crippen LogP contribution < -0.4 is 5.32 Å². The molecule has 2 aromatic heterocycles. The SMILES string of the molecule is CCC(C(=O)N(C)Cc1cnc(NC)nc1)n1cccn1. The summed E-state index contributed by atoms with van der Waals surface area (Å²) in [6.45, 7) is 2.45. The summed E-state index contributed by atoms with van der Waals surface area (Å²) in [5.74, 6) is 0.592. The maximum Gasteiger partial charge on any atom is 0.247 e. The second kappa shape index (κ2) is 6.83. The van der Waals surface area contributed by atoms with Gasteiger partial charge in [0.15, 0.2) is 0 Å². The highest BCUT2D eigenvalue weighted by atomic mass is 16.2. The summed E-state index contributed by atoms with van der Waals surface area (Å²) in [6, 6.07) is 1.54. The number of rotatable bonds is 6. The number of amides is 1. The molecule has 0 radical (unpaired) electrons. The maximum atomic E-state index is 12.5. The molecule has 2 heterocycles. The highest BCUT2D eigenvalue weighted by Gasteiger charge is 2.22. The van der Waals surface area contributed by atoms with E-state index in [0.717, 1.165) is 5.56 Å². The molecule has 2 aromatic rings. The van der Waals surface area contributed by atoms with Crippen LogP contribution in [0.4, 0.5) is 5.95 Å². The van der Waals surface area contributed by atoms with Gasteiger partial charge in [-0.2, -0.15) is 5.10 Å². The Bertz CT molecular complexity index is 566. The van der Waals surface area contributed by atoms with Crippen LogP contribution in [0.5, 0.6) is 0 Å². The third kappa shape index (κ3) is 3.56. The van der Waals surface area contributed by atoms with Crippen molar-refractivity contribution in [2.75, 3.05) is 19.4 Å². The molecule has 21 heavy (non-hydrogen) atoms. The molecule has 0 saturated carbocycles. The lowest BCUT2D eigenvalue weighted by Gasteiger charge is -2.23. The van der Waals surface area contributed by atoms with E-state index in [-0.39, 0.29) is 11.9 Å². The summed E-state index contributed by atoms with van der Waals surface area (Å²) >= 11 is 0. The molecule has 7 nitrogen and oxygen atoms in total. The van der Waals surface area contributed by atoms with Gasteiger partial charge in [-0.3, -0.25) is 9.48 Å². The molecule has 1 atom stereocenters. The van der Waals surface area contributed by atoms with Gasteiger partial charge in [0.25, 0.3) is 0 Å². The van der Waals surface area contributed by atoms with Crippen LogP contribution in [0.15, 0.2) is 30.9 Å². The number of nitrogens with one attached hydrogen (secondary N) is 1. The molecular weight excluding hydrogens is 268 g/mol. The predicted molar refractivity (Wildman–Crippen MR) is 79.6 cm³/mol. The molecule has 0 aromatic carbocycles. The molecule has 0 bridgehead atoms. The first-order valence-corrected chi connectivity index (χ1v) is 6.88. The molecule has 7 heteroatoms. The third-order valence-electron chi connectivity index (χ3n) is 3.24. The summed E-state index contributed by atoms with van der Waals surface area (Å²) in [7, 11) is 3.54. The van der Waals surface area contributed by atoms with Crippen molar-refractivity contribution >= 4 is 11.9 Å². The van der Waals surface area contributed by atoms with E-state index in [0.29, 0.717) is 18.9 Å². The molecular formula is C14H20N6O. The standard InChI is InChI=1S/C14H20N6O/c1-4-12(20-7-5-6-18-20)13(21)19(3)10-11-8-16-14(15-2)17-9-11/h5-9,12H,4,10H2,1-3H3,(H,15,16,17). The second-order valence-electron chi connectivity index (χ2n) is 4.77. The van der Waals surface area contributed by atoms with Crippen molar-refractivity contribution in [1.29, 1.82) is 0 Å². The van der Waals surface area contributed by atoms with Crippen LogP contribution in [-0.4, -0.2) is 44.7 Å². The van der Waals surface area contributed by atoms with E-state index in [1.165, 1.54) is 0 Å². The van der Waals surface area contributed by atoms with Crippen LogP contribution in [0.2, 0.25) is 0 Å². The van der Waals surface area contributed by atoms with Gasteiger partial charge in [0.05, 0.1) is 0 Å². The van der Waals surface area contributed by atoms with Crippen molar-refractivity contribution in [3.63, 3.8) is 0 Å². The Hall–Kier alpha value is -2.44. The van der Waals surface area contributed by atoms with Gasteiger partial charge in [-0.25, -0.2) is 9.97 Å². The number of hydrogen-bond donors (Lipinski definition) is 1. The number of nitrogens with zero attached hydrogens (tertiary/aromatic N) is 5. The normalized spacial score (nSPS) is 12.0. The molecule has 1 N–H and O–H groups in total. The maximum absolute atomic E-state index is 12.5. The zero-order chi connectivity index (χ0) is 15.2. The molecule has 0 spiro atoms. The smallest absolute Gasteiger partial charge is 0.247 e. The molecule has 1 unspecified atom stereocenters. The minimum atomic E-state index is -0.275. The Morgan fingerprint density at radius 1 is 1.43 bits per heavy atom. The Morgan fingerprint density at radius 3 is 2.67 bits per heavy atom. The lowest BCUT2D eigenvalue weighted by molar-refractivity contribution is -0.134. The first kappa shape index (κ1) is 15.0. The first-order valence-electron chi connectivity index (χ1n) is 6.88. The molecule has 112 valence electrons. The fraction of sp³-hybridized carbons (Fsp3) is 0.429. The number of likely N-dealkylation sites (N-methyl/N-ethyl adjacent to an activating group) is 1. The summed E-state index contributed by atoms with van der Waals surface area (Å²) in [5.41, 5.74) is 0.889. The van der Waals surface area contributed by atoms with Crippen molar-refractivity contribution in [2.24, 2.45) is 0 Å². The Kier molecular flexibility index (Phi) is 4.86. The van der Waals surface area contributed by atoms with Crippen LogP contribution in [-0.2, 0) is 11.3 Å². The zero-order valence-electron chi connectivity index (χ0n) is 12.5. The van der Waals surface area contributed by atoms with Gasteiger partial charge in [0.2, 0.25) is 11.9 Å². The summed E-state index contributed by atoms with van der Waals surface area (Å²) < 4.78 is 1.69. The molecule has 1 amide bonds. The van der Waals surface area contributed by atoms with Gasteiger partial charge in [-0.15, -0.1) is 0 Å². The largest absolute Gasteiger partial charge is 0.357 e. The van der Waals surface area contributed by atoms with Gasteiger partial charge in [-0.1, -0.05) is 6.92 Å². The van der Waals surface area contributed by atoms with E-state index in [2.05, 4.69) is 20.4 Å². The minimum absolute atomic E-state index is 0.0268. The monoisotopic (exact) mass is 288 g/mol. The van der Waals surface area contributed by atoms with Gasteiger partial charge >= 0.3 is 0 Å². The minimum Gasteiger partial charge on any atom is -0.357 e. The van der Waals surface area contributed by atoms with E-state index in [4.69, 9.17) is 0 Å². The quantitative estimate of drug-likeness (QED) is 0.867. The van der Waals surface area contributed by atoms with Crippen molar-refractivity contribution in [2.45, 2.75) is 25.9 Å². The van der Waals surface area contributed by atoms with Gasteiger partial charge in [0.1, 0.15) is 6.04 Å². The third-order valence-corrected chi connectivity index (χ3v) is 3.24. The van der Waals surface area contributed by atoms with Gasteiger partial charge < -0.3 is 10.2 Å². The van der Waals surface area contributed by atoms with E-state index in [9.17, 15) is 4.79 Å². The van der Waals surface area contributed by atoms with Gasteiger partial charge in [-0.05, 0) is 12.5 Å². The number of aromatic nitrogens is 4. The number of hydrogen-bond acceptors (Lipinski definition) is 5. The van der Waals surface area contributed by atoms with Crippen molar-refractivity contribution in [3.05, 3.63) is 36.4 Å². The molecule has 0 saturated heterocycles. The highest BCUT2D eigenvalue weighted by Crippen LogP contribution is 2.14. The molecule has 0 fully saturated rings. The van der Waals surface area contributed by atoms with Crippen molar-refractivity contribution < 1.29 is 4.79 Å². The Morgan fingerprint density at radius 2 is 2.14 bits per heavy atom. The Balaban J connectivity index is 2.04. The van der Waals surface area contributed by atoms with Crippen molar-refractivity contribution in [3.8, 4) is 0 Å². The Labute approximate surface area is 124 Å². The highest BCUT2D eigenvalue weighted by molar-refractivity contribution is 5.80. The number of carbonyl (C=O) groups excluding carboxylic acids is 1. The second-order valence-corrected chi connectivity index (χ2v) is 4.77. The fourth-order valence-electron chi connectivity index (χ4n) is 2.11. The topological polar surface area (TPSA) is 75.9 Å². The molecule has 0 aliphatic heterocycles. The number of anilines is 1. The van der Waals surface area contributed by atoms with Crippen LogP contribution >= 0.6 is 0 Å². The summed E-state index contributed by atoms with van der Waals surface area (Å²) in [6.07, 6.45) is 7.62. The van der Waals surface area contributed by atoms with Crippen LogP contribution in [0.3, 0.4) is 0 Å². The van der Waals surface area contributed by atoms with Crippen molar-refractivity contribution in [1.82, 2.24) is 24.6 Å². The van der Waals surface area contributed by atoms with E-state index in [1.807, 2.05) is 19.2 Å². The fourth-order valence-corrected chi connectivity index (χ4v) is 2.11. The van der Waals surface area contributed by atoms with Crippen LogP contribution in [0, 0.1) is 0 Å². The van der Waals surface area contributed by atoms with E-state index < -0.39 is 0 Å². The molecule has 2 rings (SSSR count). The van der Waals surface area contributed by atoms with Gasteiger partial charge in [0, 0.05) is 51.0 Å². The van der Waals surface area contributed by atoms with Crippen LogP contribution in [0.25, 0.3) is 0 Å². The first-order chi connectivity index (χ1) is 10.2. The lowest BCUT2D eigenvalue weighted by Crippen LogP contribution is -2.34. The van der Waals surface area contributed by atoms with E-state index in [1.54, 1.807) is 42.3 Å².